The Bertz CT molecular complexity index is 377. The largest absolute Gasteiger partial charge is 0.335 e. The Labute approximate surface area is 96.2 Å². The maximum absolute atomic E-state index is 12.2. The number of amides is 1. The number of carbonyl (C=O) groups is 1. The highest BCUT2D eigenvalue weighted by atomic mass is 16.2. The van der Waals surface area contributed by atoms with Gasteiger partial charge in [0.2, 0.25) is 0 Å². The molecule has 4 heteroatoms. The van der Waals surface area contributed by atoms with Crippen LogP contribution in [-0.2, 0) is 7.05 Å². The number of hydrogen-bond donors (Lipinski definition) is 0. The van der Waals surface area contributed by atoms with Gasteiger partial charge in [0.25, 0.3) is 5.91 Å². The summed E-state index contributed by atoms with van der Waals surface area (Å²) in [4.78, 5) is 14.2. The summed E-state index contributed by atoms with van der Waals surface area (Å²) in [6.07, 6.45) is 3.45. The lowest BCUT2D eigenvalue weighted by atomic mass is 10.0. The van der Waals surface area contributed by atoms with Crippen LogP contribution in [0.2, 0.25) is 0 Å². The maximum atomic E-state index is 12.2. The van der Waals surface area contributed by atoms with E-state index in [1.54, 1.807) is 4.68 Å². The molecule has 1 saturated heterocycles. The molecule has 0 spiro atoms. The van der Waals surface area contributed by atoms with Gasteiger partial charge in [0, 0.05) is 25.3 Å². The van der Waals surface area contributed by atoms with E-state index in [-0.39, 0.29) is 5.91 Å². The first kappa shape index (κ1) is 11.2. The van der Waals surface area contributed by atoms with Gasteiger partial charge in [-0.05, 0) is 39.2 Å². The third kappa shape index (κ3) is 1.96. The predicted octanol–water partition coefficient (Wildman–Crippen LogP) is 1.74. The van der Waals surface area contributed by atoms with Crippen molar-refractivity contribution >= 4 is 5.91 Å². The third-order valence-electron chi connectivity index (χ3n) is 3.40. The van der Waals surface area contributed by atoms with E-state index in [9.17, 15) is 4.79 Å². The Balaban J connectivity index is 2.17. The molecule has 88 valence electrons. The third-order valence-corrected chi connectivity index (χ3v) is 3.40. The summed E-state index contributed by atoms with van der Waals surface area (Å²) in [6, 6.07) is 2.22. The lowest BCUT2D eigenvalue weighted by Gasteiger charge is -2.32. The smallest absolute Gasteiger partial charge is 0.274 e. The van der Waals surface area contributed by atoms with Crippen molar-refractivity contribution in [2.45, 2.75) is 39.2 Å². The van der Waals surface area contributed by atoms with Crippen LogP contribution in [-0.4, -0.2) is 33.2 Å². The molecule has 0 radical (unpaired) electrons. The van der Waals surface area contributed by atoms with Gasteiger partial charge in [0.1, 0.15) is 0 Å². The minimum absolute atomic E-state index is 0.0795. The van der Waals surface area contributed by atoms with Crippen molar-refractivity contribution in [3.05, 3.63) is 17.5 Å². The lowest BCUT2D eigenvalue weighted by Crippen LogP contribution is -2.42. The van der Waals surface area contributed by atoms with E-state index in [1.165, 1.54) is 6.42 Å². The zero-order valence-corrected chi connectivity index (χ0v) is 10.2. The van der Waals surface area contributed by atoms with Crippen LogP contribution in [0.5, 0.6) is 0 Å². The van der Waals surface area contributed by atoms with Crippen LogP contribution < -0.4 is 0 Å². The summed E-state index contributed by atoms with van der Waals surface area (Å²) in [5.74, 6) is 0.0795. The molecule has 0 N–H and O–H groups in total. The summed E-state index contributed by atoms with van der Waals surface area (Å²) in [5.41, 5.74) is 1.60. The van der Waals surface area contributed by atoms with Crippen molar-refractivity contribution in [3.63, 3.8) is 0 Å². The molecular formula is C12H19N3O. The van der Waals surface area contributed by atoms with Crippen molar-refractivity contribution in [1.29, 1.82) is 0 Å². The lowest BCUT2D eigenvalue weighted by molar-refractivity contribution is 0.0628. The van der Waals surface area contributed by atoms with E-state index in [2.05, 4.69) is 12.0 Å². The van der Waals surface area contributed by atoms with E-state index >= 15 is 0 Å². The quantitative estimate of drug-likeness (QED) is 0.724. The zero-order chi connectivity index (χ0) is 11.7. The molecule has 0 saturated carbocycles. The van der Waals surface area contributed by atoms with Gasteiger partial charge in [0.15, 0.2) is 5.69 Å². The summed E-state index contributed by atoms with van der Waals surface area (Å²) in [7, 11) is 1.87. The minimum atomic E-state index is 0.0795. The zero-order valence-electron chi connectivity index (χ0n) is 10.2. The SMILES string of the molecule is Cc1cc(C(=O)N2CCCC[C@@H]2C)nn1C. The predicted molar refractivity (Wildman–Crippen MR) is 62.3 cm³/mol. The second-order valence-electron chi connectivity index (χ2n) is 4.64. The van der Waals surface area contributed by atoms with Crippen LogP contribution in [0.4, 0.5) is 0 Å². The number of hydrogen-bond acceptors (Lipinski definition) is 2. The average molecular weight is 221 g/mol. The Morgan fingerprint density at radius 2 is 2.25 bits per heavy atom. The maximum Gasteiger partial charge on any atom is 0.274 e. The van der Waals surface area contributed by atoms with Crippen LogP contribution in [0, 0.1) is 6.92 Å². The molecule has 2 rings (SSSR count). The molecule has 1 aromatic rings. The van der Waals surface area contributed by atoms with Gasteiger partial charge < -0.3 is 4.90 Å². The molecule has 16 heavy (non-hydrogen) atoms. The molecule has 2 heterocycles. The Hall–Kier alpha value is -1.32. The molecule has 1 aliphatic rings. The fraction of sp³-hybridized carbons (Fsp3) is 0.667. The Kier molecular flexibility index (Phi) is 2.99. The Morgan fingerprint density at radius 1 is 1.50 bits per heavy atom. The fourth-order valence-electron chi connectivity index (χ4n) is 2.21. The second-order valence-corrected chi connectivity index (χ2v) is 4.64. The molecule has 1 aliphatic heterocycles. The van der Waals surface area contributed by atoms with E-state index < -0.39 is 0 Å². The number of nitrogens with zero attached hydrogens (tertiary/aromatic N) is 3. The fourth-order valence-corrected chi connectivity index (χ4v) is 2.21. The van der Waals surface area contributed by atoms with Crippen LogP contribution in [0.1, 0.15) is 42.4 Å². The number of aromatic nitrogens is 2. The van der Waals surface area contributed by atoms with Crippen LogP contribution >= 0.6 is 0 Å². The first-order valence-electron chi connectivity index (χ1n) is 5.91. The molecule has 1 amide bonds. The number of piperidine rings is 1. The van der Waals surface area contributed by atoms with Gasteiger partial charge in [-0.25, -0.2) is 0 Å². The van der Waals surface area contributed by atoms with E-state index in [4.69, 9.17) is 0 Å². The van der Waals surface area contributed by atoms with Gasteiger partial charge in [0.05, 0.1) is 0 Å². The van der Waals surface area contributed by atoms with Gasteiger partial charge >= 0.3 is 0 Å². The molecule has 0 bridgehead atoms. The number of aryl methyl sites for hydroxylation is 2. The van der Waals surface area contributed by atoms with E-state index in [0.717, 1.165) is 25.1 Å². The molecule has 1 atom stereocenters. The molecule has 1 aromatic heterocycles. The summed E-state index contributed by atoms with van der Waals surface area (Å²) >= 11 is 0. The van der Waals surface area contributed by atoms with E-state index in [1.807, 2.05) is 24.9 Å². The van der Waals surface area contributed by atoms with Crippen molar-refractivity contribution in [3.8, 4) is 0 Å². The van der Waals surface area contributed by atoms with Crippen molar-refractivity contribution in [1.82, 2.24) is 14.7 Å². The van der Waals surface area contributed by atoms with Gasteiger partial charge in [-0.2, -0.15) is 5.10 Å². The standard InChI is InChI=1S/C12H19N3O/c1-9-6-4-5-7-15(9)12(16)11-8-10(2)14(3)13-11/h8-9H,4-7H2,1-3H3/t9-/m0/s1. The molecule has 0 aromatic carbocycles. The number of carbonyl (C=O) groups excluding carboxylic acids is 1. The summed E-state index contributed by atoms with van der Waals surface area (Å²) < 4.78 is 1.75. The number of likely N-dealkylation sites (tertiary alicyclic amines) is 1. The average Bonchev–Trinajstić information content (AvgIpc) is 2.59. The van der Waals surface area contributed by atoms with Crippen molar-refractivity contribution in [2.24, 2.45) is 7.05 Å². The molecule has 4 nitrogen and oxygen atoms in total. The topological polar surface area (TPSA) is 38.1 Å². The van der Waals surface area contributed by atoms with Crippen molar-refractivity contribution < 1.29 is 4.79 Å². The van der Waals surface area contributed by atoms with E-state index in [0.29, 0.717) is 11.7 Å². The highest BCUT2D eigenvalue weighted by Gasteiger charge is 2.25. The van der Waals surface area contributed by atoms with Gasteiger partial charge in [-0.1, -0.05) is 0 Å². The number of rotatable bonds is 1. The highest BCUT2D eigenvalue weighted by molar-refractivity contribution is 5.92. The first-order chi connectivity index (χ1) is 7.59. The van der Waals surface area contributed by atoms with Gasteiger partial charge in [-0.15, -0.1) is 0 Å². The second kappa shape index (κ2) is 4.28. The van der Waals surface area contributed by atoms with Crippen LogP contribution in [0.15, 0.2) is 6.07 Å². The van der Waals surface area contributed by atoms with Gasteiger partial charge in [-0.3, -0.25) is 9.48 Å². The normalized spacial score (nSPS) is 21.2. The van der Waals surface area contributed by atoms with Crippen LogP contribution in [0.25, 0.3) is 0 Å². The monoisotopic (exact) mass is 221 g/mol. The van der Waals surface area contributed by atoms with Crippen molar-refractivity contribution in [2.75, 3.05) is 6.54 Å². The Morgan fingerprint density at radius 3 is 2.81 bits per heavy atom. The molecule has 0 aliphatic carbocycles. The molecule has 0 unspecified atom stereocenters. The molecular weight excluding hydrogens is 202 g/mol. The highest BCUT2D eigenvalue weighted by Crippen LogP contribution is 2.18. The first-order valence-corrected chi connectivity index (χ1v) is 5.91. The molecule has 1 fully saturated rings. The van der Waals surface area contributed by atoms with Crippen LogP contribution in [0.3, 0.4) is 0 Å². The summed E-state index contributed by atoms with van der Waals surface area (Å²) in [5, 5.41) is 4.25. The summed E-state index contributed by atoms with van der Waals surface area (Å²) in [6.45, 7) is 4.95. The minimum Gasteiger partial charge on any atom is -0.335 e.